The Labute approximate surface area is 85.7 Å². The van der Waals surface area contributed by atoms with Crippen LogP contribution in [0.4, 0.5) is 10.1 Å². The number of hydrogen-bond acceptors (Lipinski definition) is 1. The van der Waals surface area contributed by atoms with Gasteiger partial charge >= 0.3 is 0 Å². The van der Waals surface area contributed by atoms with E-state index in [1.807, 2.05) is 12.1 Å². The average Bonchev–Trinajstić information content (AvgIpc) is 2.09. The first-order valence-corrected chi connectivity index (χ1v) is 5.19. The molecule has 3 heteroatoms. The second-order valence-corrected chi connectivity index (χ2v) is 4.28. The molecule has 1 aliphatic rings. The second-order valence-electron chi connectivity index (χ2n) is 3.43. The standard InChI is InChI=1S/C10H11BrFN/c1-7-4-5-13(7)8-2-3-10(12)9(11)6-8/h2-3,6-7H,4-5H2,1H3. The molecular weight excluding hydrogens is 233 g/mol. The molecule has 1 nitrogen and oxygen atoms in total. The van der Waals surface area contributed by atoms with E-state index >= 15 is 0 Å². The van der Waals surface area contributed by atoms with Gasteiger partial charge in [-0.2, -0.15) is 0 Å². The molecule has 0 aliphatic carbocycles. The summed E-state index contributed by atoms with van der Waals surface area (Å²) in [7, 11) is 0. The van der Waals surface area contributed by atoms with E-state index in [0.29, 0.717) is 10.5 Å². The van der Waals surface area contributed by atoms with Gasteiger partial charge in [-0.05, 0) is 47.5 Å². The van der Waals surface area contributed by atoms with E-state index in [0.717, 1.165) is 12.2 Å². The molecule has 0 aromatic heterocycles. The summed E-state index contributed by atoms with van der Waals surface area (Å²) in [6, 6.07) is 5.77. The summed E-state index contributed by atoms with van der Waals surface area (Å²) in [6.07, 6.45) is 1.23. The lowest BCUT2D eigenvalue weighted by molar-refractivity contribution is 0.481. The molecule has 0 spiro atoms. The van der Waals surface area contributed by atoms with Crippen molar-refractivity contribution < 1.29 is 4.39 Å². The fraction of sp³-hybridized carbons (Fsp3) is 0.400. The van der Waals surface area contributed by atoms with Crippen LogP contribution in [0.1, 0.15) is 13.3 Å². The molecule has 1 atom stereocenters. The predicted octanol–water partition coefficient (Wildman–Crippen LogP) is 3.19. The van der Waals surface area contributed by atoms with Gasteiger partial charge in [0.25, 0.3) is 0 Å². The predicted molar refractivity (Wildman–Crippen MR) is 55.5 cm³/mol. The third-order valence-electron chi connectivity index (χ3n) is 2.55. The Morgan fingerprint density at radius 2 is 2.31 bits per heavy atom. The number of nitrogens with zero attached hydrogens (tertiary/aromatic N) is 1. The Hall–Kier alpha value is -0.570. The number of halogens is 2. The lowest BCUT2D eigenvalue weighted by Crippen LogP contribution is -2.45. The van der Waals surface area contributed by atoms with Crippen LogP contribution in [0.2, 0.25) is 0 Å². The minimum Gasteiger partial charge on any atom is -0.369 e. The number of anilines is 1. The molecule has 0 amide bonds. The third kappa shape index (κ3) is 1.57. The molecule has 13 heavy (non-hydrogen) atoms. The van der Waals surface area contributed by atoms with Crippen LogP contribution in [0.3, 0.4) is 0 Å². The van der Waals surface area contributed by atoms with Gasteiger partial charge in [0.2, 0.25) is 0 Å². The first-order valence-electron chi connectivity index (χ1n) is 4.40. The van der Waals surface area contributed by atoms with Crippen LogP contribution in [0.25, 0.3) is 0 Å². The van der Waals surface area contributed by atoms with Crippen molar-refractivity contribution in [3.63, 3.8) is 0 Å². The Balaban J connectivity index is 2.26. The summed E-state index contributed by atoms with van der Waals surface area (Å²) in [5.74, 6) is -0.197. The van der Waals surface area contributed by atoms with Crippen molar-refractivity contribution >= 4 is 21.6 Å². The van der Waals surface area contributed by atoms with E-state index in [1.165, 1.54) is 12.5 Å². The van der Waals surface area contributed by atoms with Gasteiger partial charge in [0.05, 0.1) is 4.47 Å². The van der Waals surface area contributed by atoms with E-state index in [-0.39, 0.29) is 5.82 Å². The van der Waals surface area contributed by atoms with Gasteiger partial charge in [-0.3, -0.25) is 0 Å². The SMILES string of the molecule is CC1CCN1c1ccc(F)c(Br)c1. The number of hydrogen-bond donors (Lipinski definition) is 0. The Morgan fingerprint density at radius 3 is 2.77 bits per heavy atom. The van der Waals surface area contributed by atoms with Crippen LogP contribution in [-0.4, -0.2) is 12.6 Å². The lowest BCUT2D eigenvalue weighted by atomic mass is 10.0. The highest BCUT2D eigenvalue weighted by atomic mass is 79.9. The minimum absolute atomic E-state index is 0.197. The maximum atomic E-state index is 12.9. The van der Waals surface area contributed by atoms with Gasteiger partial charge in [-0.25, -0.2) is 4.39 Å². The highest BCUT2D eigenvalue weighted by molar-refractivity contribution is 9.10. The van der Waals surface area contributed by atoms with E-state index in [9.17, 15) is 4.39 Å². The van der Waals surface area contributed by atoms with Gasteiger partial charge in [0, 0.05) is 18.3 Å². The van der Waals surface area contributed by atoms with E-state index in [2.05, 4.69) is 27.8 Å². The fourth-order valence-corrected chi connectivity index (χ4v) is 1.93. The summed E-state index contributed by atoms with van der Waals surface area (Å²) >= 11 is 3.19. The molecule has 0 saturated carbocycles. The highest BCUT2D eigenvalue weighted by Gasteiger charge is 2.23. The first-order chi connectivity index (χ1) is 6.18. The molecule has 0 radical (unpaired) electrons. The van der Waals surface area contributed by atoms with Crippen molar-refractivity contribution in [2.75, 3.05) is 11.4 Å². The summed E-state index contributed by atoms with van der Waals surface area (Å²) in [4.78, 5) is 2.27. The Bertz CT molecular complexity index is 327. The van der Waals surface area contributed by atoms with Gasteiger partial charge < -0.3 is 4.90 Å². The van der Waals surface area contributed by atoms with Crippen LogP contribution in [-0.2, 0) is 0 Å². The average molecular weight is 244 g/mol. The molecule has 1 saturated heterocycles. The van der Waals surface area contributed by atoms with E-state index < -0.39 is 0 Å². The van der Waals surface area contributed by atoms with Gasteiger partial charge in [-0.1, -0.05) is 0 Å². The maximum Gasteiger partial charge on any atom is 0.137 e. The van der Waals surface area contributed by atoms with Gasteiger partial charge in [0.15, 0.2) is 0 Å². The largest absolute Gasteiger partial charge is 0.369 e. The smallest absolute Gasteiger partial charge is 0.137 e. The lowest BCUT2D eigenvalue weighted by Gasteiger charge is -2.40. The van der Waals surface area contributed by atoms with Crippen LogP contribution in [0.5, 0.6) is 0 Å². The van der Waals surface area contributed by atoms with Crippen molar-refractivity contribution in [2.24, 2.45) is 0 Å². The first kappa shape index (κ1) is 9.00. The second kappa shape index (κ2) is 3.29. The zero-order valence-electron chi connectivity index (χ0n) is 7.43. The van der Waals surface area contributed by atoms with Crippen molar-refractivity contribution in [1.82, 2.24) is 0 Å². The van der Waals surface area contributed by atoms with Gasteiger partial charge in [0.1, 0.15) is 5.82 Å². The molecule has 0 N–H and O–H groups in total. The Kier molecular flexibility index (Phi) is 2.28. The summed E-state index contributed by atoms with van der Waals surface area (Å²) < 4.78 is 13.5. The third-order valence-corrected chi connectivity index (χ3v) is 3.16. The molecule has 2 rings (SSSR count). The number of rotatable bonds is 1. The van der Waals surface area contributed by atoms with Crippen molar-refractivity contribution in [2.45, 2.75) is 19.4 Å². The molecule has 1 aliphatic heterocycles. The van der Waals surface area contributed by atoms with E-state index in [4.69, 9.17) is 0 Å². The van der Waals surface area contributed by atoms with Crippen molar-refractivity contribution in [3.05, 3.63) is 28.5 Å². The molecular formula is C10H11BrFN. The molecule has 70 valence electrons. The van der Waals surface area contributed by atoms with Crippen molar-refractivity contribution in [3.8, 4) is 0 Å². The van der Waals surface area contributed by atoms with Crippen LogP contribution in [0, 0.1) is 5.82 Å². The zero-order valence-corrected chi connectivity index (χ0v) is 9.01. The summed E-state index contributed by atoms with van der Waals surface area (Å²) in [5.41, 5.74) is 1.10. The van der Waals surface area contributed by atoms with Crippen LogP contribution in [0.15, 0.2) is 22.7 Å². The molecule has 0 bridgehead atoms. The maximum absolute atomic E-state index is 12.9. The van der Waals surface area contributed by atoms with Crippen LogP contribution < -0.4 is 4.90 Å². The zero-order chi connectivity index (χ0) is 9.42. The Morgan fingerprint density at radius 1 is 1.54 bits per heavy atom. The molecule has 1 aromatic rings. The molecule has 1 fully saturated rings. The van der Waals surface area contributed by atoms with Crippen molar-refractivity contribution in [1.29, 1.82) is 0 Å². The topological polar surface area (TPSA) is 3.24 Å². The summed E-state index contributed by atoms with van der Waals surface area (Å²) in [6.45, 7) is 3.26. The fourth-order valence-electron chi connectivity index (χ4n) is 1.56. The monoisotopic (exact) mass is 243 g/mol. The highest BCUT2D eigenvalue weighted by Crippen LogP contribution is 2.29. The van der Waals surface area contributed by atoms with Crippen LogP contribution >= 0.6 is 15.9 Å². The van der Waals surface area contributed by atoms with E-state index in [1.54, 1.807) is 0 Å². The van der Waals surface area contributed by atoms with Gasteiger partial charge in [-0.15, -0.1) is 0 Å². The minimum atomic E-state index is -0.197. The molecule has 1 heterocycles. The molecule has 1 unspecified atom stereocenters. The quantitative estimate of drug-likeness (QED) is 0.733. The normalized spacial score (nSPS) is 21.5. The number of benzene rings is 1. The summed E-state index contributed by atoms with van der Waals surface area (Å²) in [5, 5.41) is 0. The molecule has 1 aromatic carbocycles.